The summed E-state index contributed by atoms with van der Waals surface area (Å²) in [6.07, 6.45) is 0. The van der Waals surface area contributed by atoms with E-state index in [4.69, 9.17) is 4.74 Å². The maximum Gasteiger partial charge on any atom is 0.159 e. The molecule has 0 fully saturated rings. The fraction of sp³-hybridized carbons (Fsp3) is 0.400. The fourth-order valence-corrected chi connectivity index (χ4v) is 1.09. The third kappa shape index (κ3) is 1.70. The molecule has 0 aromatic heterocycles. The van der Waals surface area contributed by atoms with Gasteiger partial charge in [-0.05, 0) is 24.6 Å². The summed E-state index contributed by atoms with van der Waals surface area (Å²) in [5.74, 6) is 0.972. The van der Waals surface area contributed by atoms with Gasteiger partial charge in [0.05, 0.1) is 5.69 Å². The fourth-order valence-electron chi connectivity index (χ4n) is 1.09. The van der Waals surface area contributed by atoms with Gasteiger partial charge in [0.25, 0.3) is 0 Å². The summed E-state index contributed by atoms with van der Waals surface area (Å²) in [6, 6.07) is 6.15. The first-order chi connectivity index (χ1) is 5.86. The zero-order valence-electron chi connectivity index (χ0n) is 7.85. The molecule has 68 valence electrons. The maximum atomic E-state index is 5.27. The summed E-state index contributed by atoms with van der Waals surface area (Å²) < 4.78 is 5.27. The molecule has 0 unspecified atom stereocenters. The molecule has 0 bridgehead atoms. The van der Waals surface area contributed by atoms with E-state index in [0.29, 0.717) is 6.73 Å². The summed E-state index contributed by atoms with van der Waals surface area (Å²) in [5.41, 5.74) is 2.34. The van der Waals surface area contributed by atoms with Crippen LogP contribution in [0.3, 0.4) is 0 Å². The van der Waals surface area contributed by atoms with Crippen LogP contribution < -0.4 is 10.1 Å². The van der Waals surface area contributed by atoms with Gasteiger partial charge in [-0.2, -0.15) is 0 Å². The average Bonchev–Trinajstić information content (AvgIpc) is 2.54. The Morgan fingerprint density at radius 3 is 2.92 bits per heavy atom. The number of rotatable bonds is 0. The number of aryl methyl sites for hydroxylation is 1. The Bertz CT molecular complexity index is 263. The van der Waals surface area contributed by atoms with Gasteiger partial charge in [-0.3, -0.25) is 0 Å². The Morgan fingerprint density at radius 1 is 1.42 bits per heavy atom. The minimum absolute atomic E-state index is 0. The van der Waals surface area contributed by atoms with Crippen LogP contribution >= 0.6 is 0 Å². The van der Waals surface area contributed by atoms with Crippen molar-refractivity contribution >= 4 is 5.69 Å². The number of nitrogens with one attached hydrogen (secondary N) is 1. The second kappa shape index (κ2) is 4.00. The standard InChI is InChI=1S/C8H9NO.C2H6.H2/c1-6-2-3-7-8(4-6)10-5-9-7;1-2;/h2-4,9H,5H2,1H3;1-2H3;1H. The Morgan fingerprint density at radius 2 is 2.17 bits per heavy atom. The Kier molecular flexibility index (Phi) is 2.97. The van der Waals surface area contributed by atoms with Crippen LogP contribution in [0.25, 0.3) is 0 Å². The zero-order valence-corrected chi connectivity index (χ0v) is 7.85. The van der Waals surface area contributed by atoms with Crippen molar-refractivity contribution in [1.29, 1.82) is 0 Å². The van der Waals surface area contributed by atoms with Crippen LogP contribution in [0.4, 0.5) is 5.69 Å². The lowest BCUT2D eigenvalue weighted by Crippen LogP contribution is -1.96. The molecule has 0 atom stereocenters. The molecule has 0 spiro atoms. The topological polar surface area (TPSA) is 21.3 Å². The molecule has 0 aliphatic carbocycles. The van der Waals surface area contributed by atoms with Crippen molar-refractivity contribution in [2.75, 3.05) is 12.0 Å². The summed E-state index contributed by atoms with van der Waals surface area (Å²) in [4.78, 5) is 0. The van der Waals surface area contributed by atoms with E-state index in [0.717, 1.165) is 11.4 Å². The van der Waals surface area contributed by atoms with Crippen LogP contribution in [-0.2, 0) is 0 Å². The van der Waals surface area contributed by atoms with E-state index < -0.39 is 0 Å². The molecule has 0 saturated heterocycles. The highest BCUT2D eigenvalue weighted by Crippen LogP contribution is 2.29. The normalized spacial score (nSPS) is 11.9. The summed E-state index contributed by atoms with van der Waals surface area (Å²) in [7, 11) is 0. The number of anilines is 1. The van der Waals surface area contributed by atoms with Gasteiger partial charge in [-0.1, -0.05) is 19.9 Å². The number of hydrogen-bond donors (Lipinski definition) is 1. The highest BCUT2D eigenvalue weighted by atomic mass is 16.5. The van der Waals surface area contributed by atoms with E-state index in [1.54, 1.807) is 0 Å². The molecule has 2 rings (SSSR count). The van der Waals surface area contributed by atoms with Gasteiger partial charge in [0.1, 0.15) is 5.75 Å². The van der Waals surface area contributed by atoms with Crippen LogP contribution in [0.1, 0.15) is 20.8 Å². The molecule has 1 aromatic carbocycles. The second-order valence-corrected chi connectivity index (χ2v) is 2.47. The molecule has 0 amide bonds. The van der Waals surface area contributed by atoms with Gasteiger partial charge in [-0.15, -0.1) is 0 Å². The average molecular weight is 167 g/mol. The monoisotopic (exact) mass is 167 g/mol. The van der Waals surface area contributed by atoms with Gasteiger partial charge < -0.3 is 10.1 Å². The van der Waals surface area contributed by atoms with E-state index in [9.17, 15) is 0 Å². The second-order valence-electron chi connectivity index (χ2n) is 2.47. The molecule has 2 nitrogen and oxygen atoms in total. The summed E-state index contributed by atoms with van der Waals surface area (Å²) in [5, 5.41) is 3.11. The highest BCUT2D eigenvalue weighted by Gasteiger charge is 2.08. The largest absolute Gasteiger partial charge is 0.471 e. The van der Waals surface area contributed by atoms with E-state index in [-0.39, 0.29) is 1.43 Å². The van der Waals surface area contributed by atoms with Crippen molar-refractivity contribution in [1.82, 2.24) is 0 Å². The third-order valence-corrected chi connectivity index (χ3v) is 1.63. The number of hydrogen-bond acceptors (Lipinski definition) is 2. The minimum atomic E-state index is 0. The van der Waals surface area contributed by atoms with Crippen LogP contribution in [0.2, 0.25) is 0 Å². The molecular formula is C10H17NO. The molecule has 12 heavy (non-hydrogen) atoms. The van der Waals surface area contributed by atoms with E-state index in [1.165, 1.54) is 5.56 Å². The predicted molar refractivity (Wildman–Crippen MR) is 53.8 cm³/mol. The molecule has 1 aromatic rings. The Labute approximate surface area is 75.0 Å². The summed E-state index contributed by atoms with van der Waals surface area (Å²) >= 11 is 0. The lowest BCUT2D eigenvalue weighted by Gasteiger charge is -1.96. The van der Waals surface area contributed by atoms with Crippen molar-refractivity contribution in [3.63, 3.8) is 0 Å². The Hall–Kier alpha value is -1.18. The van der Waals surface area contributed by atoms with Crippen molar-refractivity contribution in [3.8, 4) is 5.75 Å². The maximum absolute atomic E-state index is 5.27. The molecular weight excluding hydrogens is 150 g/mol. The lowest BCUT2D eigenvalue weighted by atomic mass is 10.2. The third-order valence-electron chi connectivity index (χ3n) is 1.63. The van der Waals surface area contributed by atoms with Crippen molar-refractivity contribution in [3.05, 3.63) is 23.8 Å². The molecule has 0 saturated carbocycles. The number of benzene rings is 1. The SMILES string of the molecule is CC.Cc1ccc2c(c1)OCN2.[HH]. The van der Waals surface area contributed by atoms with Gasteiger partial charge in [0.2, 0.25) is 0 Å². The Balaban J connectivity index is 0.000000451. The molecule has 1 aliphatic heterocycles. The van der Waals surface area contributed by atoms with Crippen molar-refractivity contribution in [2.24, 2.45) is 0 Å². The first-order valence-corrected chi connectivity index (χ1v) is 4.33. The van der Waals surface area contributed by atoms with E-state index in [2.05, 4.69) is 18.3 Å². The first-order valence-electron chi connectivity index (χ1n) is 4.33. The molecule has 2 heteroatoms. The van der Waals surface area contributed by atoms with Crippen LogP contribution in [0.5, 0.6) is 5.75 Å². The van der Waals surface area contributed by atoms with Crippen LogP contribution in [0.15, 0.2) is 18.2 Å². The lowest BCUT2D eigenvalue weighted by molar-refractivity contribution is 0.372. The van der Waals surface area contributed by atoms with Crippen molar-refractivity contribution in [2.45, 2.75) is 20.8 Å². The van der Waals surface area contributed by atoms with Crippen molar-refractivity contribution < 1.29 is 6.16 Å². The van der Waals surface area contributed by atoms with Gasteiger partial charge in [0.15, 0.2) is 6.73 Å². The van der Waals surface area contributed by atoms with E-state index >= 15 is 0 Å². The number of fused-ring (bicyclic) bond motifs is 1. The molecule has 1 heterocycles. The zero-order chi connectivity index (χ0) is 8.97. The van der Waals surface area contributed by atoms with Gasteiger partial charge in [-0.25, -0.2) is 0 Å². The van der Waals surface area contributed by atoms with Crippen LogP contribution in [-0.4, -0.2) is 6.73 Å². The molecule has 1 aliphatic rings. The van der Waals surface area contributed by atoms with Gasteiger partial charge >= 0.3 is 0 Å². The highest BCUT2D eigenvalue weighted by molar-refractivity contribution is 5.59. The minimum Gasteiger partial charge on any atom is -0.471 e. The smallest absolute Gasteiger partial charge is 0.159 e. The summed E-state index contributed by atoms with van der Waals surface area (Å²) in [6.45, 7) is 6.67. The predicted octanol–water partition coefficient (Wildman–Crippen LogP) is 3.03. The number of ether oxygens (including phenoxy) is 1. The molecule has 1 N–H and O–H groups in total. The first kappa shape index (κ1) is 8.91. The molecule has 0 radical (unpaired) electrons. The van der Waals surface area contributed by atoms with Gasteiger partial charge in [0, 0.05) is 1.43 Å². The van der Waals surface area contributed by atoms with Crippen LogP contribution in [0, 0.1) is 6.92 Å². The quantitative estimate of drug-likeness (QED) is 0.641. The van der Waals surface area contributed by atoms with E-state index in [1.807, 2.05) is 26.0 Å².